The summed E-state index contributed by atoms with van der Waals surface area (Å²) >= 11 is 1.72. The van der Waals surface area contributed by atoms with Gasteiger partial charge in [-0.15, -0.1) is 12.4 Å². The Morgan fingerprint density at radius 3 is 2.94 bits per heavy atom. The summed E-state index contributed by atoms with van der Waals surface area (Å²) in [4.78, 5) is 11.6. The molecule has 0 saturated carbocycles. The monoisotopic (exact) mass is 266 g/mol. The minimum Gasteiger partial charge on any atom is -0.352 e. The summed E-state index contributed by atoms with van der Waals surface area (Å²) in [6.07, 6.45) is 2.20. The lowest BCUT2D eigenvalue weighted by Crippen LogP contribution is -2.48. The smallest absolute Gasteiger partial charge is 0.230 e. The highest BCUT2D eigenvalue weighted by Gasteiger charge is 2.22. The van der Waals surface area contributed by atoms with E-state index in [1.165, 1.54) is 0 Å². The van der Waals surface area contributed by atoms with Crippen LogP contribution in [-0.2, 0) is 4.79 Å². The molecule has 16 heavy (non-hydrogen) atoms. The van der Waals surface area contributed by atoms with Gasteiger partial charge in [0.1, 0.15) is 0 Å². The molecular formula is C11H23ClN2OS. The van der Waals surface area contributed by atoms with E-state index in [1.54, 1.807) is 11.8 Å². The van der Waals surface area contributed by atoms with Crippen molar-refractivity contribution in [1.82, 2.24) is 10.6 Å². The van der Waals surface area contributed by atoms with Gasteiger partial charge in [-0.25, -0.2) is 0 Å². The van der Waals surface area contributed by atoms with E-state index >= 15 is 0 Å². The molecule has 2 atom stereocenters. The third-order valence-electron chi connectivity index (χ3n) is 2.71. The van der Waals surface area contributed by atoms with Crippen molar-refractivity contribution in [3.8, 4) is 0 Å². The van der Waals surface area contributed by atoms with Crippen LogP contribution in [0.4, 0.5) is 0 Å². The fraction of sp³-hybridized carbons (Fsp3) is 0.909. The van der Waals surface area contributed by atoms with E-state index in [1.807, 2.05) is 0 Å². The summed E-state index contributed by atoms with van der Waals surface area (Å²) in [5.41, 5.74) is 0. The average Bonchev–Trinajstić information content (AvgIpc) is 2.22. The quantitative estimate of drug-likeness (QED) is 0.744. The molecule has 2 N–H and O–H groups in total. The second-order valence-electron chi connectivity index (χ2n) is 4.20. The van der Waals surface area contributed by atoms with Crippen LogP contribution in [0.15, 0.2) is 0 Å². The standard InChI is InChI=1S/C11H22N2OS.ClH/c1-3-6-15-8-11(14)13-10-4-5-12-7-9(10)2;/h9-10,12H,3-8H2,1-2H3,(H,13,14);1H. The lowest BCUT2D eigenvalue weighted by Gasteiger charge is -2.30. The number of thioether (sulfide) groups is 1. The van der Waals surface area contributed by atoms with Crippen LogP contribution in [0.5, 0.6) is 0 Å². The lowest BCUT2D eigenvalue weighted by molar-refractivity contribution is -0.119. The predicted molar refractivity (Wildman–Crippen MR) is 73.4 cm³/mol. The molecule has 0 spiro atoms. The Hall–Kier alpha value is 0.0700. The number of hydrogen-bond donors (Lipinski definition) is 2. The third-order valence-corrected chi connectivity index (χ3v) is 3.88. The van der Waals surface area contributed by atoms with Crippen LogP contribution in [0.2, 0.25) is 0 Å². The first kappa shape index (κ1) is 16.1. The summed E-state index contributed by atoms with van der Waals surface area (Å²) in [6, 6.07) is 0.376. The summed E-state index contributed by atoms with van der Waals surface area (Å²) in [7, 11) is 0. The topological polar surface area (TPSA) is 41.1 Å². The zero-order valence-corrected chi connectivity index (χ0v) is 11.8. The van der Waals surface area contributed by atoms with Crippen LogP contribution in [0.3, 0.4) is 0 Å². The van der Waals surface area contributed by atoms with Crippen LogP contribution < -0.4 is 10.6 Å². The van der Waals surface area contributed by atoms with Crippen molar-refractivity contribution >= 4 is 30.1 Å². The van der Waals surface area contributed by atoms with Gasteiger partial charge in [0, 0.05) is 6.04 Å². The number of nitrogens with one attached hydrogen (secondary N) is 2. The molecule has 0 radical (unpaired) electrons. The zero-order chi connectivity index (χ0) is 11.1. The molecule has 1 aliphatic rings. The number of piperidine rings is 1. The Bertz CT molecular complexity index is 204. The van der Waals surface area contributed by atoms with E-state index in [4.69, 9.17) is 0 Å². The van der Waals surface area contributed by atoms with Gasteiger partial charge in [-0.2, -0.15) is 11.8 Å². The molecule has 1 heterocycles. The summed E-state index contributed by atoms with van der Waals surface area (Å²) in [5, 5.41) is 6.46. The highest BCUT2D eigenvalue weighted by molar-refractivity contribution is 7.99. The van der Waals surface area contributed by atoms with Crippen LogP contribution in [0, 0.1) is 5.92 Å². The molecular weight excluding hydrogens is 244 g/mol. The molecule has 1 fully saturated rings. The van der Waals surface area contributed by atoms with Gasteiger partial charge in [-0.3, -0.25) is 4.79 Å². The van der Waals surface area contributed by atoms with E-state index < -0.39 is 0 Å². The van der Waals surface area contributed by atoms with Crippen molar-refractivity contribution in [2.75, 3.05) is 24.6 Å². The Kier molecular flexibility index (Phi) is 9.18. The normalized spacial score (nSPS) is 24.6. The molecule has 3 nitrogen and oxygen atoms in total. The fourth-order valence-corrected chi connectivity index (χ4v) is 2.49. The van der Waals surface area contributed by atoms with Gasteiger partial charge in [0.15, 0.2) is 0 Å². The minimum atomic E-state index is 0. The molecule has 0 aromatic heterocycles. The van der Waals surface area contributed by atoms with E-state index in [9.17, 15) is 4.79 Å². The molecule has 1 aliphatic heterocycles. The van der Waals surface area contributed by atoms with Gasteiger partial charge in [-0.1, -0.05) is 13.8 Å². The highest BCUT2D eigenvalue weighted by Crippen LogP contribution is 2.10. The Labute approximate surface area is 109 Å². The predicted octanol–water partition coefficient (Wildman–Crippen LogP) is 1.67. The molecule has 1 rings (SSSR count). The maximum Gasteiger partial charge on any atom is 0.230 e. The number of carbonyl (C=O) groups is 1. The van der Waals surface area contributed by atoms with Crippen molar-refractivity contribution in [1.29, 1.82) is 0 Å². The van der Waals surface area contributed by atoms with Crippen molar-refractivity contribution in [3.05, 3.63) is 0 Å². The summed E-state index contributed by atoms with van der Waals surface area (Å²) in [6.45, 7) is 6.38. The van der Waals surface area contributed by atoms with Crippen molar-refractivity contribution in [2.24, 2.45) is 5.92 Å². The van der Waals surface area contributed by atoms with E-state index in [2.05, 4.69) is 24.5 Å². The second-order valence-corrected chi connectivity index (χ2v) is 5.30. The maximum atomic E-state index is 11.6. The molecule has 2 unspecified atom stereocenters. The first-order valence-corrected chi connectivity index (χ1v) is 6.97. The van der Waals surface area contributed by atoms with Gasteiger partial charge in [0.25, 0.3) is 0 Å². The van der Waals surface area contributed by atoms with E-state index in [0.717, 1.165) is 31.7 Å². The number of amides is 1. The van der Waals surface area contributed by atoms with Gasteiger partial charge >= 0.3 is 0 Å². The van der Waals surface area contributed by atoms with E-state index in [0.29, 0.717) is 17.7 Å². The van der Waals surface area contributed by atoms with Crippen LogP contribution >= 0.6 is 24.2 Å². The lowest BCUT2D eigenvalue weighted by atomic mass is 9.95. The third kappa shape index (κ3) is 5.97. The molecule has 0 aromatic carbocycles. The fourth-order valence-electron chi connectivity index (χ4n) is 1.79. The van der Waals surface area contributed by atoms with Crippen LogP contribution in [-0.4, -0.2) is 36.5 Å². The Morgan fingerprint density at radius 1 is 1.56 bits per heavy atom. The first-order valence-electron chi connectivity index (χ1n) is 5.82. The highest BCUT2D eigenvalue weighted by atomic mass is 35.5. The van der Waals surface area contributed by atoms with E-state index in [-0.39, 0.29) is 18.3 Å². The van der Waals surface area contributed by atoms with Crippen LogP contribution in [0.25, 0.3) is 0 Å². The summed E-state index contributed by atoms with van der Waals surface area (Å²) in [5.74, 6) is 2.45. The summed E-state index contributed by atoms with van der Waals surface area (Å²) < 4.78 is 0. The van der Waals surface area contributed by atoms with Crippen molar-refractivity contribution < 1.29 is 4.79 Å². The molecule has 1 amide bonds. The minimum absolute atomic E-state index is 0. The molecule has 0 aliphatic carbocycles. The molecule has 96 valence electrons. The Morgan fingerprint density at radius 2 is 2.31 bits per heavy atom. The van der Waals surface area contributed by atoms with Gasteiger partial charge in [-0.05, 0) is 37.6 Å². The van der Waals surface area contributed by atoms with Crippen molar-refractivity contribution in [3.63, 3.8) is 0 Å². The van der Waals surface area contributed by atoms with Crippen molar-refractivity contribution in [2.45, 2.75) is 32.7 Å². The van der Waals surface area contributed by atoms with Gasteiger partial charge in [0.05, 0.1) is 5.75 Å². The molecule has 0 bridgehead atoms. The number of carbonyl (C=O) groups excluding carboxylic acids is 1. The number of hydrogen-bond acceptors (Lipinski definition) is 3. The number of halogens is 1. The molecule has 5 heteroatoms. The second kappa shape index (κ2) is 9.14. The Balaban J connectivity index is 0.00000225. The molecule has 1 saturated heterocycles. The zero-order valence-electron chi connectivity index (χ0n) is 10.1. The van der Waals surface area contributed by atoms with Gasteiger partial charge in [0.2, 0.25) is 5.91 Å². The average molecular weight is 267 g/mol. The first-order chi connectivity index (χ1) is 7.24. The van der Waals surface area contributed by atoms with Crippen LogP contribution in [0.1, 0.15) is 26.7 Å². The largest absolute Gasteiger partial charge is 0.352 e. The van der Waals surface area contributed by atoms with Gasteiger partial charge < -0.3 is 10.6 Å². The maximum absolute atomic E-state index is 11.6. The molecule has 0 aromatic rings. The SMILES string of the molecule is CCCSCC(=O)NC1CCNCC1C.Cl. The number of rotatable bonds is 5.